The van der Waals surface area contributed by atoms with Gasteiger partial charge in [0.15, 0.2) is 0 Å². The molecule has 0 radical (unpaired) electrons. The molecule has 2 unspecified atom stereocenters. The molecule has 1 N–H and O–H groups in total. The first-order valence-corrected chi connectivity index (χ1v) is 8.75. The summed E-state index contributed by atoms with van der Waals surface area (Å²) < 4.78 is 0. The molecular formula is C20H31N. The van der Waals surface area contributed by atoms with Crippen LogP contribution in [-0.4, -0.2) is 12.6 Å². The lowest BCUT2D eigenvalue weighted by atomic mass is 9.65. The minimum Gasteiger partial charge on any atom is -0.314 e. The van der Waals surface area contributed by atoms with Gasteiger partial charge in [-0.3, -0.25) is 0 Å². The highest BCUT2D eigenvalue weighted by Gasteiger charge is 2.36. The molecule has 2 fully saturated rings. The van der Waals surface area contributed by atoms with Crippen LogP contribution in [0.1, 0.15) is 68.6 Å². The molecular weight excluding hydrogens is 254 g/mol. The van der Waals surface area contributed by atoms with Gasteiger partial charge < -0.3 is 5.32 Å². The Labute approximate surface area is 130 Å². The number of hydrogen-bond donors (Lipinski definition) is 1. The van der Waals surface area contributed by atoms with Crippen molar-refractivity contribution in [2.45, 2.75) is 71.8 Å². The maximum Gasteiger partial charge on any atom is 0.00683 e. The van der Waals surface area contributed by atoms with E-state index in [0.29, 0.717) is 5.41 Å². The van der Waals surface area contributed by atoms with Crippen molar-refractivity contribution >= 4 is 0 Å². The molecule has 2 aliphatic rings. The minimum atomic E-state index is 0.500. The Morgan fingerprint density at radius 2 is 1.86 bits per heavy atom. The Hall–Kier alpha value is -0.820. The summed E-state index contributed by atoms with van der Waals surface area (Å²) >= 11 is 0. The van der Waals surface area contributed by atoms with Crippen molar-refractivity contribution in [1.82, 2.24) is 5.32 Å². The monoisotopic (exact) mass is 285 g/mol. The van der Waals surface area contributed by atoms with Crippen LogP contribution in [-0.2, 0) is 0 Å². The Balaban J connectivity index is 1.79. The van der Waals surface area contributed by atoms with E-state index in [1.54, 1.807) is 5.56 Å². The SMILES string of the molecule is Cc1ccc(C2CC(C)(C)CCC2CNC2CC2)cc1C. The first kappa shape index (κ1) is 15.1. The topological polar surface area (TPSA) is 12.0 Å². The van der Waals surface area contributed by atoms with E-state index in [9.17, 15) is 0 Å². The molecule has 2 saturated carbocycles. The van der Waals surface area contributed by atoms with Crippen molar-refractivity contribution in [2.24, 2.45) is 11.3 Å². The molecule has 116 valence electrons. The molecule has 1 heteroatoms. The quantitative estimate of drug-likeness (QED) is 0.824. The van der Waals surface area contributed by atoms with Gasteiger partial charge in [0.05, 0.1) is 0 Å². The van der Waals surface area contributed by atoms with Crippen molar-refractivity contribution in [3.8, 4) is 0 Å². The molecule has 0 saturated heterocycles. The number of rotatable bonds is 4. The molecule has 2 aliphatic carbocycles. The molecule has 1 aromatic rings. The summed E-state index contributed by atoms with van der Waals surface area (Å²) in [4.78, 5) is 0. The van der Waals surface area contributed by atoms with E-state index >= 15 is 0 Å². The molecule has 0 bridgehead atoms. The molecule has 21 heavy (non-hydrogen) atoms. The zero-order valence-electron chi connectivity index (χ0n) is 14.2. The fourth-order valence-corrected chi connectivity index (χ4v) is 3.88. The Morgan fingerprint density at radius 1 is 1.10 bits per heavy atom. The molecule has 0 aliphatic heterocycles. The van der Waals surface area contributed by atoms with Gasteiger partial charge in [0, 0.05) is 6.04 Å². The maximum atomic E-state index is 3.78. The van der Waals surface area contributed by atoms with Crippen LogP contribution < -0.4 is 5.32 Å². The van der Waals surface area contributed by atoms with Crippen molar-refractivity contribution in [3.63, 3.8) is 0 Å². The minimum absolute atomic E-state index is 0.500. The van der Waals surface area contributed by atoms with Gasteiger partial charge in [-0.25, -0.2) is 0 Å². The van der Waals surface area contributed by atoms with Crippen LogP contribution in [0.2, 0.25) is 0 Å². The number of aryl methyl sites for hydroxylation is 2. The van der Waals surface area contributed by atoms with Gasteiger partial charge in [-0.2, -0.15) is 0 Å². The van der Waals surface area contributed by atoms with Crippen molar-refractivity contribution in [2.75, 3.05) is 6.54 Å². The van der Waals surface area contributed by atoms with Crippen LogP contribution in [0.25, 0.3) is 0 Å². The van der Waals surface area contributed by atoms with Crippen LogP contribution in [0.15, 0.2) is 18.2 Å². The Bertz CT molecular complexity index is 497. The first-order valence-electron chi connectivity index (χ1n) is 8.75. The third-order valence-corrected chi connectivity index (χ3v) is 5.74. The van der Waals surface area contributed by atoms with Gasteiger partial charge in [0.2, 0.25) is 0 Å². The van der Waals surface area contributed by atoms with Crippen LogP contribution >= 0.6 is 0 Å². The fraction of sp³-hybridized carbons (Fsp3) is 0.700. The van der Waals surface area contributed by atoms with Crippen molar-refractivity contribution in [1.29, 1.82) is 0 Å². The molecule has 2 atom stereocenters. The maximum absolute atomic E-state index is 3.78. The highest BCUT2D eigenvalue weighted by atomic mass is 14.9. The van der Waals surface area contributed by atoms with Crippen LogP contribution in [0.4, 0.5) is 0 Å². The largest absolute Gasteiger partial charge is 0.314 e. The predicted molar refractivity (Wildman–Crippen MR) is 90.8 cm³/mol. The average molecular weight is 285 g/mol. The molecule has 0 heterocycles. The highest BCUT2D eigenvalue weighted by Crippen LogP contribution is 2.46. The zero-order valence-corrected chi connectivity index (χ0v) is 14.2. The molecule has 0 spiro atoms. The second-order valence-corrected chi connectivity index (χ2v) is 8.30. The third kappa shape index (κ3) is 3.69. The lowest BCUT2D eigenvalue weighted by Gasteiger charge is -2.41. The van der Waals surface area contributed by atoms with Crippen LogP contribution in [0, 0.1) is 25.2 Å². The van der Waals surface area contributed by atoms with Gasteiger partial charge in [-0.05, 0) is 86.4 Å². The molecule has 3 rings (SSSR count). The summed E-state index contributed by atoms with van der Waals surface area (Å²) in [5, 5.41) is 3.78. The Kier molecular flexibility index (Phi) is 4.14. The summed E-state index contributed by atoms with van der Waals surface area (Å²) in [6.07, 6.45) is 6.89. The van der Waals surface area contributed by atoms with E-state index in [1.807, 2.05) is 0 Å². The van der Waals surface area contributed by atoms with Gasteiger partial charge in [-0.15, -0.1) is 0 Å². The number of nitrogens with one attached hydrogen (secondary N) is 1. The lowest BCUT2D eigenvalue weighted by Crippen LogP contribution is -2.35. The summed E-state index contributed by atoms with van der Waals surface area (Å²) in [6, 6.07) is 7.99. The van der Waals surface area contributed by atoms with Crippen LogP contribution in [0.3, 0.4) is 0 Å². The third-order valence-electron chi connectivity index (χ3n) is 5.74. The zero-order chi connectivity index (χ0) is 15.0. The smallest absolute Gasteiger partial charge is 0.00683 e. The summed E-state index contributed by atoms with van der Waals surface area (Å²) in [5.74, 6) is 1.56. The molecule has 1 nitrogen and oxygen atoms in total. The van der Waals surface area contributed by atoms with Crippen molar-refractivity contribution in [3.05, 3.63) is 34.9 Å². The molecule has 0 aromatic heterocycles. The second-order valence-electron chi connectivity index (χ2n) is 8.30. The van der Waals surface area contributed by atoms with Gasteiger partial charge in [0.25, 0.3) is 0 Å². The van der Waals surface area contributed by atoms with E-state index in [4.69, 9.17) is 0 Å². The Morgan fingerprint density at radius 3 is 2.52 bits per heavy atom. The fourth-order valence-electron chi connectivity index (χ4n) is 3.88. The summed E-state index contributed by atoms with van der Waals surface area (Å²) in [7, 11) is 0. The second kappa shape index (κ2) is 5.76. The highest BCUT2D eigenvalue weighted by molar-refractivity contribution is 5.33. The number of benzene rings is 1. The predicted octanol–water partition coefficient (Wildman–Crippen LogP) is 4.97. The van der Waals surface area contributed by atoms with E-state index in [0.717, 1.165) is 17.9 Å². The van der Waals surface area contributed by atoms with Gasteiger partial charge in [0.1, 0.15) is 0 Å². The van der Waals surface area contributed by atoms with Crippen molar-refractivity contribution < 1.29 is 0 Å². The number of hydrogen-bond acceptors (Lipinski definition) is 1. The normalized spacial score (nSPS) is 28.6. The van der Waals surface area contributed by atoms with Crippen LogP contribution in [0.5, 0.6) is 0 Å². The van der Waals surface area contributed by atoms with Gasteiger partial charge >= 0.3 is 0 Å². The van der Waals surface area contributed by atoms with Gasteiger partial charge in [-0.1, -0.05) is 32.0 Å². The standard InChI is InChI=1S/C20H31N/c1-14-5-6-16(11-15(14)2)19-12-20(3,4)10-9-17(19)13-21-18-7-8-18/h5-6,11,17-19,21H,7-10,12-13H2,1-4H3. The summed E-state index contributed by atoms with van der Waals surface area (Å²) in [5.41, 5.74) is 4.94. The average Bonchev–Trinajstić information content (AvgIpc) is 3.24. The summed E-state index contributed by atoms with van der Waals surface area (Å²) in [6.45, 7) is 10.6. The lowest BCUT2D eigenvalue weighted by molar-refractivity contribution is 0.159. The molecule has 0 amide bonds. The van der Waals surface area contributed by atoms with E-state index in [2.05, 4.69) is 51.2 Å². The molecule has 1 aromatic carbocycles. The van der Waals surface area contributed by atoms with E-state index < -0.39 is 0 Å². The van der Waals surface area contributed by atoms with E-state index in [1.165, 1.54) is 49.8 Å². The van der Waals surface area contributed by atoms with E-state index in [-0.39, 0.29) is 0 Å². The first-order chi connectivity index (χ1) is 9.94.